The summed E-state index contributed by atoms with van der Waals surface area (Å²) in [6, 6.07) is 9.63. The van der Waals surface area contributed by atoms with Crippen molar-refractivity contribution in [1.29, 1.82) is 0 Å². The lowest BCUT2D eigenvalue weighted by molar-refractivity contribution is 0.279. The van der Waals surface area contributed by atoms with Crippen LogP contribution in [0.3, 0.4) is 0 Å². The molecule has 2 aliphatic carbocycles. The normalized spacial score (nSPS) is 29.8. The highest BCUT2D eigenvalue weighted by Gasteiger charge is 2.40. The van der Waals surface area contributed by atoms with Gasteiger partial charge in [0, 0.05) is 9.61 Å². The second-order valence-electron chi connectivity index (χ2n) is 6.73. The molecule has 0 heterocycles. The Bertz CT molecular complexity index is 445. The first kappa shape index (κ1) is 14.8. The molecule has 0 saturated heterocycles. The molecule has 0 aromatic heterocycles. The molecule has 1 aromatic rings. The van der Waals surface area contributed by atoms with Crippen molar-refractivity contribution >= 4 is 22.6 Å². The Balaban J connectivity index is 1.69. The standard InChI is InChI=1S/C18H26IN/c1-2-8-20-18(15-4-3-5-17(19)11-15)12-16-10-13-6-7-14(16)9-13/h3-5,11,13-14,16,18,20H,2,6-10,12H2,1H3. The summed E-state index contributed by atoms with van der Waals surface area (Å²) in [4.78, 5) is 0. The fourth-order valence-corrected chi connectivity index (χ4v) is 4.91. The van der Waals surface area contributed by atoms with Gasteiger partial charge < -0.3 is 5.32 Å². The summed E-state index contributed by atoms with van der Waals surface area (Å²) in [6.07, 6.45) is 8.61. The Hall–Kier alpha value is -0.0900. The minimum absolute atomic E-state index is 0.564. The maximum atomic E-state index is 3.80. The van der Waals surface area contributed by atoms with Crippen molar-refractivity contribution in [2.45, 2.75) is 51.5 Å². The van der Waals surface area contributed by atoms with Gasteiger partial charge in [0.05, 0.1) is 0 Å². The van der Waals surface area contributed by atoms with Crippen LogP contribution in [0.5, 0.6) is 0 Å². The number of nitrogens with one attached hydrogen (secondary N) is 1. The molecule has 3 rings (SSSR count). The average molecular weight is 383 g/mol. The Morgan fingerprint density at radius 3 is 2.85 bits per heavy atom. The van der Waals surface area contributed by atoms with E-state index in [0.29, 0.717) is 6.04 Å². The van der Waals surface area contributed by atoms with E-state index < -0.39 is 0 Å². The monoisotopic (exact) mass is 383 g/mol. The molecule has 2 heteroatoms. The molecule has 2 saturated carbocycles. The van der Waals surface area contributed by atoms with Gasteiger partial charge in [-0.3, -0.25) is 0 Å². The number of rotatable bonds is 6. The summed E-state index contributed by atoms with van der Waals surface area (Å²) in [6.45, 7) is 3.40. The zero-order valence-electron chi connectivity index (χ0n) is 12.4. The molecule has 110 valence electrons. The van der Waals surface area contributed by atoms with Crippen LogP contribution < -0.4 is 5.32 Å². The van der Waals surface area contributed by atoms with E-state index in [2.05, 4.69) is 59.1 Å². The number of hydrogen-bond acceptors (Lipinski definition) is 1. The lowest BCUT2D eigenvalue weighted by atomic mass is 9.82. The molecular weight excluding hydrogens is 357 g/mol. The van der Waals surface area contributed by atoms with Gasteiger partial charge in [-0.25, -0.2) is 0 Å². The second kappa shape index (κ2) is 6.78. The first-order chi connectivity index (χ1) is 9.76. The van der Waals surface area contributed by atoms with Gasteiger partial charge in [0.2, 0.25) is 0 Å². The molecular formula is C18H26IN. The van der Waals surface area contributed by atoms with Crippen LogP contribution in [-0.2, 0) is 0 Å². The summed E-state index contributed by atoms with van der Waals surface area (Å²) >= 11 is 2.43. The minimum atomic E-state index is 0.564. The number of fused-ring (bicyclic) bond motifs is 2. The SMILES string of the molecule is CCCNC(CC1CC2CCC1C2)c1cccc(I)c1. The number of benzene rings is 1. The van der Waals surface area contributed by atoms with Crippen LogP contribution in [0.2, 0.25) is 0 Å². The molecule has 1 N–H and O–H groups in total. The Morgan fingerprint density at radius 1 is 1.30 bits per heavy atom. The Labute approximate surface area is 137 Å². The summed E-state index contributed by atoms with van der Waals surface area (Å²) in [5, 5.41) is 3.80. The molecule has 2 fully saturated rings. The summed E-state index contributed by atoms with van der Waals surface area (Å²) in [5.41, 5.74) is 1.49. The third-order valence-electron chi connectivity index (χ3n) is 5.31. The lowest BCUT2D eigenvalue weighted by Crippen LogP contribution is -2.26. The highest BCUT2D eigenvalue weighted by atomic mass is 127. The van der Waals surface area contributed by atoms with Crippen molar-refractivity contribution < 1.29 is 0 Å². The first-order valence-electron chi connectivity index (χ1n) is 8.25. The molecule has 2 bridgehead atoms. The Morgan fingerprint density at radius 2 is 2.20 bits per heavy atom. The zero-order valence-corrected chi connectivity index (χ0v) is 14.6. The summed E-state index contributed by atoms with van der Waals surface area (Å²) in [7, 11) is 0. The van der Waals surface area contributed by atoms with E-state index in [-0.39, 0.29) is 0 Å². The fourth-order valence-electron chi connectivity index (χ4n) is 4.35. The van der Waals surface area contributed by atoms with Gasteiger partial charge in [-0.1, -0.05) is 25.5 Å². The van der Waals surface area contributed by atoms with Crippen LogP contribution in [-0.4, -0.2) is 6.54 Å². The molecule has 1 nitrogen and oxygen atoms in total. The topological polar surface area (TPSA) is 12.0 Å². The molecule has 4 atom stereocenters. The molecule has 0 spiro atoms. The van der Waals surface area contributed by atoms with Crippen LogP contribution >= 0.6 is 22.6 Å². The van der Waals surface area contributed by atoms with Gasteiger partial charge in [-0.15, -0.1) is 0 Å². The smallest absolute Gasteiger partial charge is 0.0323 e. The lowest BCUT2D eigenvalue weighted by Gasteiger charge is -2.28. The minimum Gasteiger partial charge on any atom is -0.310 e. The summed E-state index contributed by atoms with van der Waals surface area (Å²) in [5.74, 6) is 3.07. The van der Waals surface area contributed by atoms with E-state index >= 15 is 0 Å². The molecule has 4 unspecified atom stereocenters. The van der Waals surface area contributed by atoms with Gasteiger partial charge in [0.1, 0.15) is 0 Å². The number of hydrogen-bond donors (Lipinski definition) is 1. The van der Waals surface area contributed by atoms with Crippen molar-refractivity contribution in [2.75, 3.05) is 6.54 Å². The summed E-state index contributed by atoms with van der Waals surface area (Å²) < 4.78 is 1.36. The third-order valence-corrected chi connectivity index (χ3v) is 5.99. The van der Waals surface area contributed by atoms with Gasteiger partial charge in [-0.2, -0.15) is 0 Å². The average Bonchev–Trinajstić information content (AvgIpc) is 3.06. The van der Waals surface area contributed by atoms with Crippen LogP contribution in [0.15, 0.2) is 24.3 Å². The van der Waals surface area contributed by atoms with Crippen molar-refractivity contribution in [2.24, 2.45) is 17.8 Å². The molecule has 1 aromatic carbocycles. The predicted octanol–water partition coefficient (Wildman–Crippen LogP) is 5.16. The first-order valence-corrected chi connectivity index (χ1v) is 9.33. The maximum Gasteiger partial charge on any atom is 0.0323 e. The van der Waals surface area contributed by atoms with Crippen LogP contribution in [0.25, 0.3) is 0 Å². The predicted molar refractivity (Wildman–Crippen MR) is 93.7 cm³/mol. The third kappa shape index (κ3) is 3.38. The quantitative estimate of drug-likeness (QED) is 0.670. The van der Waals surface area contributed by atoms with Gasteiger partial charge in [0.15, 0.2) is 0 Å². The molecule has 2 aliphatic rings. The van der Waals surface area contributed by atoms with Crippen molar-refractivity contribution in [3.63, 3.8) is 0 Å². The Kier molecular flexibility index (Phi) is 5.03. The second-order valence-corrected chi connectivity index (χ2v) is 7.98. The van der Waals surface area contributed by atoms with Crippen LogP contribution in [0.4, 0.5) is 0 Å². The van der Waals surface area contributed by atoms with Crippen LogP contribution in [0.1, 0.15) is 57.1 Å². The number of halogens is 1. The van der Waals surface area contributed by atoms with Gasteiger partial charge >= 0.3 is 0 Å². The molecule has 0 amide bonds. The van der Waals surface area contributed by atoms with Gasteiger partial charge in [0.25, 0.3) is 0 Å². The highest BCUT2D eigenvalue weighted by molar-refractivity contribution is 14.1. The fraction of sp³-hybridized carbons (Fsp3) is 0.667. The van der Waals surface area contributed by atoms with Crippen LogP contribution in [0, 0.1) is 21.3 Å². The van der Waals surface area contributed by atoms with E-state index in [1.807, 2.05) is 0 Å². The van der Waals surface area contributed by atoms with Gasteiger partial charge in [-0.05, 0) is 96.7 Å². The molecule has 0 aliphatic heterocycles. The van der Waals surface area contributed by atoms with Crippen molar-refractivity contribution in [3.8, 4) is 0 Å². The van der Waals surface area contributed by atoms with E-state index in [0.717, 1.165) is 24.3 Å². The van der Waals surface area contributed by atoms with Crippen molar-refractivity contribution in [3.05, 3.63) is 33.4 Å². The maximum absolute atomic E-state index is 3.80. The van der Waals surface area contributed by atoms with E-state index in [1.54, 1.807) is 0 Å². The van der Waals surface area contributed by atoms with E-state index in [1.165, 1.54) is 47.7 Å². The molecule has 20 heavy (non-hydrogen) atoms. The largest absolute Gasteiger partial charge is 0.310 e. The van der Waals surface area contributed by atoms with E-state index in [9.17, 15) is 0 Å². The highest BCUT2D eigenvalue weighted by Crippen LogP contribution is 2.50. The van der Waals surface area contributed by atoms with Crippen molar-refractivity contribution in [1.82, 2.24) is 5.32 Å². The molecule has 0 radical (unpaired) electrons. The van der Waals surface area contributed by atoms with E-state index in [4.69, 9.17) is 0 Å². The zero-order chi connectivity index (χ0) is 13.9.